The number of rotatable bonds is 5. The van der Waals surface area contributed by atoms with Crippen LogP contribution in [-0.4, -0.2) is 45.0 Å². The third kappa shape index (κ3) is 4.40. The van der Waals surface area contributed by atoms with Gasteiger partial charge in [-0.1, -0.05) is 18.2 Å². The van der Waals surface area contributed by atoms with E-state index in [2.05, 4.69) is 27.6 Å². The summed E-state index contributed by atoms with van der Waals surface area (Å²) in [6.07, 6.45) is 0. The fourth-order valence-electron chi connectivity index (χ4n) is 2.76. The monoisotopic (exact) mass is 353 g/mol. The Morgan fingerprint density at radius 3 is 2.54 bits per heavy atom. The van der Waals surface area contributed by atoms with Crippen LogP contribution in [-0.2, 0) is 4.74 Å². The zero-order valence-electron chi connectivity index (χ0n) is 15.1. The zero-order valence-corrected chi connectivity index (χ0v) is 15.1. The lowest BCUT2D eigenvalue weighted by Crippen LogP contribution is -2.36. The number of ether oxygens (including phenoxy) is 2. The maximum Gasteiger partial charge on any atom is 0.271 e. The van der Waals surface area contributed by atoms with Crippen molar-refractivity contribution in [1.82, 2.24) is 5.43 Å². The molecule has 0 aliphatic carbocycles. The fraction of sp³-hybridized carbons (Fsp3) is 0.300. The number of nitrogens with one attached hydrogen (secondary N) is 1. The van der Waals surface area contributed by atoms with Gasteiger partial charge in [0.2, 0.25) is 0 Å². The van der Waals surface area contributed by atoms with Crippen LogP contribution in [0.4, 0.5) is 5.69 Å². The van der Waals surface area contributed by atoms with Gasteiger partial charge in [0.1, 0.15) is 5.75 Å². The number of carbonyl (C=O) groups excluding carboxylic acids is 1. The van der Waals surface area contributed by atoms with Crippen LogP contribution in [0.15, 0.2) is 53.6 Å². The van der Waals surface area contributed by atoms with E-state index in [0.29, 0.717) is 11.3 Å². The SMILES string of the molecule is COc1cccc(C(=O)N/N=C(\C)c2ccc(N3CCOCC3)cc2)c1. The number of carbonyl (C=O) groups is 1. The highest BCUT2D eigenvalue weighted by atomic mass is 16.5. The topological polar surface area (TPSA) is 63.2 Å². The molecule has 1 heterocycles. The van der Waals surface area contributed by atoms with Crippen molar-refractivity contribution in [2.75, 3.05) is 38.3 Å². The molecule has 1 fully saturated rings. The van der Waals surface area contributed by atoms with Crippen LogP contribution in [0.2, 0.25) is 0 Å². The fourth-order valence-corrected chi connectivity index (χ4v) is 2.76. The summed E-state index contributed by atoms with van der Waals surface area (Å²) < 4.78 is 10.5. The first-order chi connectivity index (χ1) is 12.7. The largest absolute Gasteiger partial charge is 0.497 e. The molecule has 0 aromatic heterocycles. The van der Waals surface area contributed by atoms with E-state index in [1.54, 1.807) is 31.4 Å². The second-order valence-corrected chi connectivity index (χ2v) is 6.02. The van der Waals surface area contributed by atoms with E-state index in [-0.39, 0.29) is 5.91 Å². The number of hydrazone groups is 1. The standard InChI is InChI=1S/C20H23N3O3/c1-15(21-22-20(24)17-4-3-5-19(14-17)25-2)16-6-8-18(9-7-16)23-10-12-26-13-11-23/h3-9,14H,10-13H2,1-2H3,(H,22,24)/b21-15+. The van der Waals surface area contributed by atoms with E-state index in [9.17, 15) is 4.79 Å². The molecule has 3 rings (SSSR count). The van der Waals surface area contributed by atoms with Gasteiger partial charge in [0.05, 0.1) is 26.0 Å². The summed E-state index contributed by atoms with van der Waals surface area (Å²) in [5, 5.41) is 4.21. The van der Waals surface area contributed by atoms with Crippen molar-refractivity contribution >= 4 is 17.3 Å². The van der Waals surface area contributed by atoms with Gasteiger partial charge in [-0.05, 0) is 42.8 Å². The zero-order chi connectivity index (χ0) is 18.4. The van der Waals surface area contributed by atoms with E-state index in [1.807, 2.05) is 19.1 Å². The van der Waals surface area contributed by atoms with Gasteiger partial charge in [0, 0.05) is 24.3 Å². The van der Waals surface area contributed by atoms with Crippen molar-refractivity contribution in [2.24, 2.45) is 5.10 Å². The van der Waals surface area contributed by atoms with Gasteiger partial charge in [0.15, 0.2) is 0 Å². The van der Waals surface area contributed by atoms with Crippen molar-refractivity contribution in [2.45, 2.75) is 6.92 Å². The van der Waals surface area contributed by atoms with Gasteiger partial charge in [-0.25, -0.2) is 5.43 Å². The molecule has 1 amide bonds. The molecule has 136 valence electrons. The first kappa shape index (κ1) is 17.9. The first-order valence-corrected chi connectivity index (χ1v) is 8.59. The van der Waals surface area contributed by atoms with E-state index in [4.69, 9.17) is 9.47 Å². The molecule has 0 unspecified atom stereocenters. The normalized spacial score (nSPS) is 14.8. The summed E-state index contributed by atoms with van der Waals surface area (Å²) in [6.45, 7) is 5.21. The molecule has 26 heavy (non-hydrogen) atoms. The van der Waals surface area contributed by atoms with E-state index in [0.717, 1.165) is 37.6 Å². The van der Waals surface area contributed by atoms with Crippen molar-refractivity contribution in [3.05, 3.63) is 59.7 Å². The number of hydrogen-bond acceptors (Lipinski definition) is 5. The summed E-state index contributed by atoms with van der Waals surface area (Å²) in [6, 6.07) is 15.1. The molecule has 1 aliphatic rings. The predicted octanol–water partition coefficient (Wildman–Crippen LogP) is 2.69. The Kier molecular flexibility index (Phi) is 5.86. The molecule has 1 saturated heterocycles. The molecular formula is C20H23N3O3. The van der Waals surface area contributed by atoms with Gasteiger partial charge >= 0.3 is 0 Å². The Labute approximate surface area is 153 Å². The number of anilines is 1. The van der Waals surface area contributed by atoms with Gasteiger partial charge < -0.3 is 14.4 Å². The Hall–Kier alpha value is -2.86. The highest BCUT2D eigenvalue weighted by molar-refractivity contribution is 6.01. The van der Waals surface area contributed by atoms with Crippen molar-refractivity contribution < 1.29 is 14.3 Å². The van der Waals surface area contributed by atoms with Crippen LogP contribution < -0.4 is 15.1 Å². The van der Waals surface area contributed by atoms with Crippen molar-refractivity contribution in [3.63, 3.8) is 0 Å². The lowest BCUT2D eigenvalue weighted by Gasteiger charge is -2.28. The quantitative estimate of drug-likeness (QED) is 0.663. The van der Waals surface area contributed by atoms with E-state index in [1.165, 1.54) is 5.69 Å². The molecule has 0 radical (unpaired) electrons. The maximum absolute atomic E-state index is 12.2. The highest BCUT2D eigenvalue weighted by Gasteiger charge is 2.11. The van der Waals surface area contributed by atoms with E-state index < -0.39 is 0 Å². The minimum absolute atomic E-state index is 0.270. The predicted molar refractivity (Wildman–Crippen MR) is 102 cm³/mol. The maximum atomic E-state index is 12.2. The molecule has 0 spiro atoms. The number of nitrogens with zero attached hydrogens (tertiary/aromatic N) is 2. The molecule has 6 nitrogen and oxygen atoms in total. The smallest absolute Gasteiger partial charge is 0.271 e. The van der Waals surface area contributed by atoms with Gasteiger partial charge in [-0.2, -0.15) is 5.10 Å². The lowest BCUT2D eigenvalue weighted by molar-refractivity contribution is 0.0954. The number of morpholine rings is 1. The number of hydrogen-bond donors (Lipinski definition) is 1. The highest BCUT2D eigenvalue weighted by Crippen LogP contribution is 2.17. The number of amides is 1. The third-order valence-electron chi connectivity index (χ3n) is 4.32. The van der Waals surface area contributed by atoms with Crippen LogP contribution in [0.3, 0.4) is 0 Å². The minimum Gasteiger partial charge on any atom is -0.497 e. The first-order valence-electron chi connectivity index (χ1n) is 8.59. The Balaban J connectivity index is 1.64. The molecule has 2 aromatic carbocycles. The molecule has 0 atom stereocenters. The summed E-state index contributed by atoms with van der Waals surface area (Å²) >= 11 is 0. The second kappa shape index (κ2) is 8.49. The van der Waals surface area contributed by atoms with Gasteiger partial charge in [-0.15, -0.1) is 0 Å². The van der Waals surface area contributed by atoms with Crippen LogP contribution in [0.5, 0.6) is 5.75 Å². The number of methoxy groups -OCH3 is 1. The molecule has 2 aromatic rings. The summed E-state index contributed by atoms with van der Waals surface area (Å²) in [5.41, 5.74) is 5.98. The molecule has 0 bridgehead atoms. The van der Waals surface area contributed by atoms with E-state index >= 15 is 0 Å². The minimum atomic E-state index is -0.270. The van der Waals surface area contributed by atoms with Crippen molar-refractivity contribution in [3.8, 4) is 5.75 Å². The average molecular weight is 353 g/mol. The van der Waals surface area contributed by atoms with Crippen LogP contribution in [0.25, 0.3) is 0 Å². The summed E-state index contributed by atoms with van der Waals surface area (Å²) in [5.74, 6) is 0.366. The van der Waals surface area contributed by atoms with Crippen LogP contribution in [0, 0.1) is 0 Å². The lowest BCUT2D eigenvalue weighted by atomic mass is 10.1. The molecular weight excluding hydrogens is 330 g/mol. The molecule has 0 saturated carbocycles. The Bertz CT molecular complexity index is 781. The molecule has 6 heteroatoms. The van der Waals surface area contributed by atoms with Crippen LogP contribution in [0.1, 0.15) is 22.8 Å². The second-order valence-electron chi connectivity index (χ2n) is 6.02. The van der Waals surface area contributed by atoms with Gasteiger partial charge in [0.25, 0.3) is 5.91 Å². The summed E-state index contributed by atoms with van der Waals surface area (Å²) in [4.78, 5) is 14.5. The summed E-state index contributed by atoms with van der Waals surface area (Å²) in [7, 11) is 1.57. The molecule has 1 N–H and O–H groups in total. The van der Waals surface area contributed by atoms with Crippen molar-refractivity contribution in [1.29, 1.82) is 0 Å². The third-order valence-corrected chi connectivity index (χ3v) is 4.32. The Morgan fingerprint density at radius 1 is 1.12 bits per heavy atom. The Morgan fingerprint density at radius 2 is 1.85 bits per heavy atom. The molecule has 1 aliphatic heterocycles. The average Bonchev–Trinajstić information content (AvgIpc) is 2.72. The van der Waals surface area contributed by atoms with Gasteiger partial charge in [-0.3, -0.25) is 4.79 Å². The van der Waals surface area contributed by atoms with Crippen LogP contribution >= 0.6 is 0 Å². The number of benzene rings is 2.